The molecule has 0 aliphatic heterocycles. The minimum atomic E-state index is -0.414. The molecule has 1 aromatic carbocycles. The molecule has 0 fully saturated rings. The second kappa shape index (κ2) is 6.11. The fourth-order valence-corrected chi connectivity index (χ4v) is 3.78. The summed E-state index contributed by atoms with van der Waals surface area (Å²) in [6.45, 7) is 0. The normalized spacial score (nSPS) is 10.7. The molecule has 106 valence electrons. The molecule has 0 radical (unpaired) electrons. The first-order chi connectivity index (χ1) is 10.2. The molecule has 0 aliphatic carbocycles. The molecule has 2 aromatic heterocycles. The van der Waals surface area contributed by atoms with Crippen molar-refractivity contribution >= 4 is 34.3 Å². The maximum absolute atomic E-state index is 11.3. The summed E-state index contributed by atoms with van der Waals surface area (Å²) in [5.74, 6) is -0.414. The van der Waals surface area contributed by atoms with Crippen molar-refractivity contribution < 1.29 is 4.79 Å². The molecule has 0 saturated carbocycles. The zero-order chi connectivity index (χ0) is 14.7. The van der Waals surface area contributed by atoms with Crippen LogP contribution in [0.25, 0.3) is 0 Å². The van der Waals surface area contributed by atoms with Crippen molar-refractivity contribution in [3.8, 4) is 0 Å². The van der Waals surface area contributed by atoms with E-state index in [1.165, 1.54) is 9.75 Å². The summed E-state index contributed by atoms with van der Waals surface area (Å²) in [5, 5.41) is 7.63. The third-order valence-corrected chi connectivity index (χ3v) is 4.99. The van der Waals surface area contributed by atoms with E-state index in [0.717, 1.165) is 5.69 Å². The van der Waals surface area contributed by atoms with Gasteiger partial charge in [-0.05, 0) is 41.1 Å². The Labute approximate surface area is 131 Å². The van der Waals surface area contributed by atoms with E-state index in [-0.39, 0.29) is 6.04 Å². The topological polar surface area (TPSA) is 55.1 Å². The second-order valence-corrected chi connectivity index (χ2v) is 6.51. The minimum Gasteiger partial charge on any atom is -0.373 e. The highest BCUT2D eigenvalue weighted by Crippen LogP contribution is 2.32. The summed E-state index contributed by atoms with van der Waals surface area (Å²) < 4.78 is 0. The van der Waals surface area contributed by atoms with E-state index in [4.69, 9.17) is 5.73 Å². The third-order valence-electron chi connectivity index (χ3n) is 3.11. The Balaban J connectivity index is 1.92. The van der Waals surface area contributed by atoms with Gasteiger partial charge < -0.3 is 11.1 Å². The summed E-state index contributed by atoms with van der Waals surface area (Å²) >= 11 is 3.42. The number of carbonyl (C=O) groups is 1. The van der Waals surface area contributed by atoms with Gasteiger partial charge in [0.2, 0.25) is 5.91 Å². The molecule has 3 aromatic rings. The van der Waals surface area contributed by atoms with E-state index in [9.17, 15) is 4.79 Å². The second-order valence-electron chi connectivity index (χ2n) is 4.55. The van der Waals surface area contributed by atoms with Crippen LogP contribution in [0.1, 0.15) is 26.2 Å². The van der Waals surface area contributed by atoms with E-state index in [0.29, 0.717) is 5.56 Å². The van der Waals surface area contributed by atoms with Crippen LogP contribution >= 0.6 is 22.7 Å². The summed E-state index contributed by atoms with van der Waals surface area (Å²) in [4.78, 5) is 13.8. The number of nitrogens with one attached hydrogen (secondary N) is 1. The van der Waals surface area contributed by atoms with Crippen molar-refractivity contribution in [2.24, 2.45) is 5.73 Å². The average Bonchev–Trinajstić information content (AvgIpc) is 3.18. The van der Waals surface area contributed by atoms with Crippen LogP contribution in [0.4, 0.5) is 5.69 Å². The number of primary amides is 1. The van der Waals surface area contributed by atoms with Gasteiger partial charge in [0.25, 0.3) is 0 Å². The highest BCUT2D eigenvalue weighted by Gasteiger charge is 2.16. The van der Waals surface area contributed by atoms with Crippen molar-refractivity contribution in [1.82, 2.24) is 0 Å². The molecule has 5 heteroatoms. The van der Waals surface area contributed by atoms with Gasteiger partial charge in [0.05, 0.1) is 6.04 Å². The first-order valence-electron chi connectivity index (χ1n) is 6.47. The smallest absolute Gasteiger partial charge is 0.248 e. The molecule has 2 heterocycles. The van der Waals surface area contributed by atoms with Gasteiger partial charge in [-0.3, -0.25) is 4.79 Å². The molecular formula is C16H14N2OS2. The number of amides is 1. The van der Waals surface area contributed by atoms with Crippen molar-refractivity contribution in [3.05, 3.63) is 74.6 Å². The molecule has 3 N–H and O–H groups in total. The van der Waals surface area contributed by atoms with Gasteiger partial charge in [-0.25, -0.2) is 0 Å². The van der Waals surface area contributed by atoms with Crippen molar-refractivity contribution in [3.63, 3.8) is 0 Å². The van der Waals surface area contributed by atoms with E-state index in [2.05, 4.69) is 28.2 Å². The predicted molar refractivity (Wildman–Crippen MR) is 89.1 cm³/mol. The van der Waals surface area contributed by atoms with E-state index in [1.54, 1.807) is 34.8 Å². The Kier molecular flexibility index (Phi) is 4.03. The van der Waals surface area contributed by atoms with Gasteiger partial charge in [0.1, 0.15) is 0 Å². The molecule has 0 saturated heterocycles. The van der Waals surface area contributed by atoms with Gasteiger partial charge >= 0.3 is 0 Å². The lowest BCUT2D eigenvalue weighted by atomic mass is 10.1. The van der Waals surface area contributed by atoms with E-state index < -0.39 is 5.91 Å². The molecule has 0 spiro atoms. The molecule has 0 aliphatic rings. The van der Waals surface area contributed by atoms with Crippen LogP contribution in [-0.2, 0) is 0 Å². The van der Waals surface area contributed by atoms with Gasteiger partial charge in [-0.1, -0.05) is 18.2 Å². The van der Waals surface area contributed by atoms with Crippen LogP contribution in [0.2, 0.25) is 0 Å². The van der Waals surface area contributed by atoms with Crippen LogP contribution in [-0.4, -0.2) is 5.91 Å². The maximum Gasteiger partial charge on any atom is 0.248 e. The molecule has 3 rings (SSSR count). The van der Waals surface area contributed by atoms with Gasteiger partial charge in [-0.2, -0.15) is 0 Å². The number of hydrogen-bond acceptors (Lipinski definition) is 4. The Morgan fingerprint density at radius 3 is 2.19 bits per heavy atom. The maximum atomic E-state index is 11.3. The molecule has 3 nitrogen and oxygen atoms in total. The number of thiophene rings is 2. The number of hydrogen-bond donors (Lipinski definition) is 2. The fourth-order valence-electron chi connectivity index (χ4n) is 2.12. The van der Waals surface area contributed by atoms with Gasteiger partial charge in [-0.15, -0.1) is 22.7 Å². The Bertz CT molecular complexity index is 686. The van der Waals surface area contributed by atoms with Crippen LogP contribution in [0, 0.1) is 0 Å². The highest BCUT2D eigenvalue weighted by molar-refractivity contribution is 7.11. The van der Waals surface area contributed by atoms with Crippen molar-refractivity contribution in [2.45, 2.75) is 6.04 Å². The fraction of sp³-hybridized carbons (Fsp3) is 0.0625. The van der Waals surface area contributed by atoms with Gasteiger partial charge in [0, 0.05) is 21.0 Å². The average molecular weight is 314 g/mol. The standard InChI is InChI=1S/C16H14N2OS2/c17-16(19)11-4-1-5-12(10-11)18-15(13-6-2-8-20-13)14-7-3-9-21-14/h1-10,15,18H,(H2,17,19). The molecular weight excluding hydrogens is 300 g/mol. The lowest BCUT2D eigenvalue weighted by Crippen LogP contribution is -2.13. The number of anilines is 1. The lowest BCUT2D eigenvalue weighted by Gasteiger charge is -2.18. The first kappa shape index (κ1) is 13.9. The van der Waals surface area contributed by atoms with E-state index in [1.807, 2.05) is 24.3 Å². The predicted octanol–water partition coefficient (Wildman–Crippen LogP) is 4.11. The number of carbonyl (C=O) groups excluding carboxylic acids is 1. The Morgan fingerprint density at radius 1 is 1.00 bits per heavy atom. The van der Waals surface area contributed by atoms with Crippen LogP contribution in [0.15, 0.2) is 59.3 Å². The zero-order valence-electron chi connectivity index (χ0n) is 11.2. The van der Waals surface area contributed by atoms with Crippen molar-refractivity contribution in [1.29, 1.82) is 0 Å². The number of rotatable bonds is 5. The summed E-state index contributed by atoms with van der Waals surface area (Å²) in [6, 6.07) is 15.7. The Hall–Kier alpha value is -2.11. The quantitative estimate of drug-likeness (QED) is 0.744. The highest BCUT2D eigenvalue weighted by atomic mass is 32.1. The van der Waals surface area contributed by atoms with Gasteiger partial charge in [0.15, 0.2) is 0 Å². The monoisotopic (exact) mass is 314 g/mol. The third kappa shape index (κ3) is 3.15. The van der Waals surface area contributed by atoms with Crippen molar-refractivity contribution in [2.75, 3.05) is 5.32 Å². The Morgan fingerprint density at radius 2 is 1.67 bits per heavy atom. The summed E-state index contributed by atoms with van der Waals surface area (Å²) in [6.07, 6.45) is 0. The molecule has 1 amide bonds. The lowest BCUT2D eigenvalue weighted by molar-refractivity contribution is 0.100. The molecule has 0 unspecified atom stereocenters. The van der Waals surface area contributed by atoms with Crippen LogP contribution in [0.3, 0.4) is 0 Å². The first-order valence-corrected chi connectivity index (χ1v) is 8.23. The number of benzene rings is 1. The molecule has 21 heavy (non-hydrogen) atoms. The van der Waals surface area contributed by atoms with E-state index >= 15 is 0 Å². The van der Waals surface area contributed by atoms with Crippen LogP contribution < -0.4 is 11.1 Å². The summed E-state index contributed by atoms with van der Waals surface area (Å²) in [7, 11) is 0. The SMILES string of the molecule is NC(=O)c1cccc(NC(c2cccs2)c2cccs2)c1. The zero-order valence-corrected chi connectivity index (χ0v) is 12.8. The molecule has 0 bridgehead atoms. The van der Waals surface area contributed by atoms with Crippen LogP contribution in [0.5, 0.6) is 0 Å². The largest absolute Gasteiger partial charge is 0.373 e. The minimum absolute atomic E-state index is 0.0909. The summed E-state index contributed by atoms with van der Waals surface area (Å²) in [5.41, 5.74) is 6.74. The molecule has 0 atom stereocenters. The number of nitrogens with two attached hydrogens (primary N) is 1.